The summed E-state index contributed by atoms with van der Waals surface area (Å²) in [6.07, 6.45) is 2.39. The molecule has 6 nitrogen and oxygen atoms in total. The Hall–Kier alpha value is -2.73. The van der Waals surface area contributed by atoms with E-state index in [4.69, 9.17) is 11.6 Å². The standard InChI is InChI=1S/C17H16ClN5O/c1-12-21-16(22-23(12)15-7-5-13(18)6-8-15)17(24)20-11-9-14-4-2-3-10-19-14/h2-8,10H,9,11H2,1H3,(H,20,24). The molecule has 1 aromatic carbocycles. The third kappa shape index (κ3) is 3.78. The third-order valence-electron chi connectivity index (χ3n) is 3.44. The summed E-state index contributed by atoms with van der Waals surface area (Å²) in [4.78, 5) is 20.6. The van der Waals surface area contributed by atoms with Crippen molar-refractivity contribution in [3.63, 3.8) is 0 Å². The van der Waals surface area contributed by atoms with Crippen molar-refractivity contribution < 1.29 is 4.79 Å². The van der Waals surface area contributed by atoms with E-state index in [2.05, 4.69) is 20.4 Å². The molecule has 2 heterocycles. The summed E-state index contributed by atoms with van der Waals surface area (Å²) in [5.74, 6) is 0.470. The largest absolute Gasteiger partial charge is 0.349 e. The van der Waals surface area contributed by atoms with Crippen LogP contribution in [-0.2, 0) is 6.42 Å². The van der Waals surface area contributed by atoms with E-state index in [0.29, 0.717) is 23.8 Å². The van der Waals surface area contributed by atoms with Gasteiger partial charge in [0.1, 0.15) is 5.82 Å². The summed E-state index contributed by atoms with van der Waals surface area (Å²) in [6, 6.07) is 12.9. The number of aromatic nitrogens is 4. The second-order valence-electron chi connectivity index (χ2n) is 5.20. The highest BCUT2D eigenvalue weighted by Gasteiger charge is 2.14. The summed E-state index contributed by atoms with van der Waals surface area (Å²) in [5, 5.41) is 7.72. The van der Waals surface area contributed by atoms with Gasteiger partial charge in [-0.2, -0.15) is 0 Å². The van der Waals surface area contributed by atoms with E-state index in [0.717, 1.165) is 11.4 Å². The van der Waals surface area contributed by atoms with Gasteiger partial charge < -0.3 is 5.32 Å². The first-order valence-electron chi connectivity index (χ1n) is 7.51. The smallest absolute Gasteiger partial charge is 0.290 e. The maximum Gasteiger partial charge on any atom is 0.290 e. The Balaban J connectivity index is 1.65. The lowest BCUT2D eigenvalue weighted by molar-refractivity contribution is 0.0943. The normalized spacial score (nSPS) is 10.6. The van der Waals surface area contributed by atoms with Gasteiger partial charge in [0.2, 0.25) is 5.82 Å². The van der Waals surface area contributed by atoms with Gasteiger partial charge in [-0.15, -0.1) is 5.10 Å². The fraction of sp³-hybridized carbons (Fsp3) is 0.176. The van der Waals surface area contributed by atoms with E-state index < -0.39 is 0 Å². The number of hydrogen-bond donors (Lipinski definition) is 1. The number of amides is 1. The van der Waals surface area contributed by atoms with Crippen LogP contribution in [0.15, 0.2) is 48.7 Å². The van der Waals surface area contributed by atoms with Crippen molar-refractivity contribution in [2.75, 3.05) is 6.54 Å². The number of rotatable bonds is 5. The van der Waals surface area contributed by atoms with Gasteiger partial charge in [-0.3, -0.25) is 9.78 Å². The SMILES string of the molecule is Cc1nc(C(=O)NCCc2ccccn2)nn1-c1ccc(Cl)cc1. The third-order valence-corrected chi connectivity index (χ3v) is 3.69. The first-order chi connectivity index (χ1) is 11.6. The molecule has 0 aliphatic carbocycles. The summed E-state index contributed by atoms with van der Waals surface area (Å²) < 4.78 is 1.62. The van der Waals surface area contributed by atoms with Gasteiger partial charge in [-0.25, -0.2) is 9.67 Å². The Labute approximate surface area is 144 Å². The van der Waals surface area contributed by atoms with E-state index in [1.54, 1.807) is 29.9 Å². The molecule has 1 amide bonds. The lowest BCUT2D eigenvalue weighted by Crippen LogP contribution is -2.27. The van der Waals surface area contributed by atoms with Gasteiger partial charge in [-0.05, 0) is 43.3 Å². The average Bonchev–Trinajstić information content (AvgIpc) is 2.98. The van der Waals surface area contributed by atoms with Crippen LogP contribution >= 0.6 is 11.6 Å². The summed E-state index contributed by atoms with van der Waals surface area (Å²) >= 11 is 5.89. The second-order valence-corrected chi connectivity index (χ2v) is 5.63. The Bertz CT molecular complexity index is 830. The first kappa shape index (κ1) is 16.1. The number of nitrogens with one attached hydrogen (secondary N) is 1. The molecule has 3 aromatic rings. The van der Waals surface area contributed by atoms with Gasteiger partial charge in [0.25, 0.3) is 5.91 Å². The fourth-order valence-electron chi connectivity index (χ4n) is 2.24. The van der Waals surface area contributed by atoms with E-state index in [9.17, 15) is 4.79 Å². The zero-order valence-electron chi connectivity index (χ0n) is 13.1. The minimum atomic E-state index is -0.304. The molecule has 1 N–H and O–H groups in total. The molecule has 0 aliphatic heterocycles. The lowest BCUT2D eigenvalue weighted by Gasteiger charge is -2.03. The van der Waals surface area contributed by atoms with Crippen LogP contribution in [-0.4, -0.2) is 32.2 Å². The van der Waals surface area contributed by atoms with Crippen LogP contribution in [0.1, 0.15) is 22.1 Å². The monoisotopic (exact) mass is 341 g/mol. The number of halogens is 1. The minimum absolute atomic E-state index is 0.142. The maximum atomic E-state index is 12.2. The summed E-state index contributed by atoms with van der Waals surface area (Å²) in [7, 11) is 0. The molecule has 0 saturated heterocycles. The molecule has 3 rings (SSSR count). The topological polar surface area (TPSA) is 72.7 Å². The molecule has 2 aromatic heterocycles. The average molecular weight is 342 g/mol. The second kappa shape index (κ2) is 7.23. The molecule has 24 heavy (non-hydrogen) atoms. The molecule has 0 radical (unpaired) electrons. The lowest BCUT2D eigenvalue weighted by atomic mass is 10.3. The van der Waals surface area contributed by atoms with Gasteiger partial charge in [0, 0.05) is 29.9 Å². The van der Waals surface area contributed by atoms with Crippen molar-refractivity contribution in [1.29, 1.82) is 0 Å². The van der Waals surface area contributed by atoms with Crippen molar-refractivity contribution in [2.24, 2.45) is 0 Å². The zero-order valence-corrected chi connectivity index (χ0v) is 13.9. The highest BCUT2D eigenvalue weighted by Crippen LogP contribution is 2.14. The molecular formula is C17H16ClN5O. The molecule has 122 valence electrons. The predicted molar refractivity (Wildman–Crippen MR) is 91.4 cm³/mol. The van der Waals surface area contributed by atoms with Crippen LogP contribution < -0.4 is 5.32 Å². The van der Waals surface area contributed by atoms with Crippen LogP contribution in [0.2, 0.25) is 5.02 Å². The number of aryl methyl sites for hydroxylation is 1. The molecule has 0 spiro atoms. The quantitative estimate of drug-likeness (QED) is 0.774. The minimum Gasteiger partial charge on any atom is -0.349 e. The van der Waals surface area contributed by atoms with Crippen molar-refractivity contribution in [1.82, 2.24) is 25.1 Å². The van der Waals surface area contributed by atoms with Crippen LogP contribution in [0.5, 0.6) is 0 Å². The number of pyridine rings is 1. The number of carbonyl (C=O) groups is 1. The van der Waals surface area contributed by atoms with Crippen LogP contribution in [0, 0.1) is 6.92 Å². The molecule has 0 saturated carbocycles. The van der Waals surface area contributed by atoms with Crippen molar-refractivity contribution in [3.05, 3.63) is 71.0 Å². The van der Waals surface area contributed by atoms with Crippen molar-refractivity contribution >= 4 is 17.5 Å². The molecule has 0 bridgehead atoms. The number of nitrogens with zero attached hydrogens (tertiary/aromatic N) is 4. The highest BCUT2D eigenvalue weighted by molar-refractivity contribution is 6.30. The van der Waals surface area contributed by atoms with E-state index in [1.807, 2.05) is 30.3 Å². The number of hydrogen-bond acceptors (Lipinski definition) is 4. The van der Waals surface area contributed by atoms with Crippen molar-refractivity contribution in [3.8, 4) is 5.69 Å². The van der Waals surface area contributed by atoms with Gasteiger partial charge in [0.15, 0.2) is 0 Å². The summed E-state index contributed by atoms with van der Waals surface area (Å²) in [5.41, 5.74) is 1.73. The van der Waals surface area contributed by atoms with E-state index in [-0.39, 0.29) is 11.7 Å². The predicted octanol–water partition coefficient (Wildman–Crippen LogP) is 2.60. The number of benzene rings is 1. The number of carbonyl (C=O) groups excluding carboxylic acids is 1. The van der Waals surface area contributed by atoms with Gasteiger partial charge >= 0.3 is 0 Å². The molecule has 0 atom stereocenters. The van der Waals surface area contributed by atoms with Crippen LogP contribution in [0.3, 0.4) is 0 Å². The van der Waals surface area contributed by atoms with E-state index >= 15 is 0 Å². The molecule has 0 unspecified atom stereocenters. The van der Waals surface area contributed by atoms with Crippen LogP contribution in [0.25, 0.3) is 5.69 Å². The Morgan fingerprint density at radius 1 is 1.21 bits per heavy atom. The van der Waals surface area contributed by atoms with Crippen LogP contribution in [0.4, 0.5) is 0 Å². The Morgan fingerprint density at radius 2 is 2.00 bits per heavy atom. The fourth-order valence-corrected chi connectivity index (χ4v) is 2.37. The molecule has 0 aliphatic rings. The molecule has 7 heteroatoms. The molecule has 0 fully saturated rings. The van der Waals surface area contributed by atoms with Crippen molar-refractivity contribution in [2.45, 2.75) is 13.3 Å². The van der Waals surface area contributed by atoms with E-state index in [1.165, 1.54) is 0 Å². The van der Waals surface area contributed by atoms with Gasteiger partial charge in [-0.1, -0.05) is 17.7 Å². The first-order valence-corrected chi connectivity index (χ1v) is 7.89. The highest BCUT2D eigenvalue weighted by atomic mass is 35.5. The zero-order chi connectivity index (χ0) is 16.9. The summed E-state index contributed by atoms with van der Waals surface area (Å²) in [6.45, 7) is 2.27. The van der Waals surface area contributed by atoms with Gasteiger partial charge in [0.05, 0.1) is 5.69 Å². The Kier molecular flexibility index (Phi) is 4.86. The molecular weight excluding hydrogens is 326 g/mol. The maximum absolute atomic E-state index is 12.2. The Morgan fingerprint density at radius 3 is 2.71 bits per heavy atom.